The van der Waals surface area contributed by atoms with Crippen LogP contribution in [0.15, 0.2) is 32.1 Å². The van der Waals surface area contributed by atoms with Crippen LogP contribution in [0.3, 0.4) is 0 Å². The molecule has 1 saturated heterocycles. The average Bonchev–Trinajstić information content (AvgIpc) is 3.31. The topological polar surface area (TPSA) is 85.3 Å². The van der Waals surface area contributed by atoms with Crippen LogP contribution in [0.1, 0.15) is 34.3 Å². The first-order valence-corrected chi connectivity index (χ1v) is 8.23. The monoisotopic (exact) mass is 330 g/mol. The molecule has 3 aromatic rings. The molecule has 0 bridgehead atoms. The lowest BCUT2D eigenvalue weighted by atomic mass is 10.1. The fourth-order valence-electron chi connectivity index (χ4n) is 2.73. The Morgan fingerprint density at radius 1 is 1.43 bits per heavy atom. The minimum atomic E-state index is -0.0622. The SMILES string of the molecule is Cc1oncc1C(=O)N1CCC(c2noc(-c3ccsc3)n2)C1. The zero-order valence-corrected chi connectivity index (χ0v) is 13.2. The lowest BCUT2D eigenvalue weighted by Gasteiger charge is -2.14. The Hall–Kier alpha value is -2.48. The molecule has 0 radical (unpaired) electrons. The number of nitrogens with zero attached hydrogens (tertiary/aromatic N) is 4. The van der Waals surface area contributed by atoms with E-state index in [0.717, 1.165) is 12.0 Å². The summed E-state index contributed by atoms with van der Waals surface area (Å²) in [5.74, 6) is 1.75. The van der Waals surface area contributed by atoms with E-state index in [2.05, 4.69) is 15.3 Å². The Balaban J connectivity index is 1.48. The molecule has 1 aliphatic rings. The lowest BCUT2D eigenvalue weighted by Crippen LogP contribution is -2.28. The normalized spacial score (nSPS) is 17.8. The first-order chi connectivity index (χ1) is 11.2. The van der Waals surface area contributed by atoms with Crippen LogP contribution >= 0.6 is 11.3 Å². The van der Waals surface area contributed by atoms with Crippen molar-refractivity contribution in [2.24, 2.45) is 0 Å². The number of likely N-dealkylation sites (tertiary alicyclic amines) is 1. The van der Waals surface area contributed by atoms with Gasteiger partial charge in [0.2, 0.25) is 0 Å². The molecule has 8 heteroatoms. The molecule has 0 aromatic carbocycles. The fourth-order valence-corrected chi connectivity index (χ4v) is 3.36. The summed E-state index contributed by atoms with van der Waals surface area (Å²) in [6.45, 7) is 2.97. The molecule has 1 aliphatic heterocycles. The van der Waals surface area contributed by atoms with Gasteiger partial charge in [-0.2, -0.15) is 16.3 Å². The Morgan fingerprint density at radius 3 is 3.09 bits per heavy atom. The van der Waals surface area contributed by atoms with Crippen molar-refractivity contribution < 1.29 is 13.8 Å². The summed E-state index contributed by atoms with van der Waals surface area (Å²) >= 11 is 1.58. The Labute approximate surface area is 135 Å². The standard InChI is InChI=1S/C15H14N4O3S/c1-9-12(6-16-21-9)15(20)19-4-2-10(7-19)13-17-14(22-18-13)11-3-5-23-8-11/h3,5-6,8,10H,2,4,7H2,1H3. The third-order valence-electron chi connectivity index (χ3n) is 4.03. The number of aromatic nitrogens is 3. The van der Waals surface area contributed by atoms with Gasteiger partial charge in [-0.05, 0) is 24.8 Å². The summed E-state index contributed by atoms with van der Waals surface area (Å²) in [4.78, 5) is 18.7. The lowest BCUT2D eigenvalue weighted by molar-refractivity contribution is 0.0788. The van der Waals surface area contributed by atoms with Gasteiger partial charge in [-0.25, -0.2) is 0 Å². The predicted molar refractivity (Wildman–Crippen MR) is 82.1 cm³/mol. The summed E-state index contributed by atoms with van der Waals surface area (Å²) in [5.41, 5.74) is 1.44. The average molecular weight is 330 g/mol. The molecule has 1 amide bonds. The highest BCUT2D eigenvalue weighted by molar-refractivity contribution is 7.08. The first kappa shape index (κ1) is 14.1. The van der Waals surface area contributed by atoms with Crippen molar-refractivity contribution in [1.29, 1.82) is 0 Å². The van der Waals surface area contributed by atoms with Gasteiger partial charge in [0.05, 0.1) is 11.8 Å². The molecular weight excluding hydrogens is 316 g/mol. The molecular formula is C15H14N4O3S. The summed E-state index contributed by atoms with van der Waals surface area (Å²) in [6, 6.07) is 1.95. The van der Waals surface area contributed by atoms with Gasteiger partial charge < -0.3 is 13.9 Å². The number of amides is 1. The summed E-state index contributed by atoms with van der Waals surface area (Å²) in [7, 11) is 0. The van der Waals surface area contributed by atoms with Gasteiger partial charge in [0.25, 0.3) is 11.8 Å². The summed E-state index contributed by atoms with van der Waals surface area (Å²) in [5, 5.41) is 11.7. The predicted octanol–water partition coefficient (Wildman–Crippen LogP) is 2.72. The van der Waals surface area contributed by atoms with Crippen LogP contribution in [0.25, 0.3) is 11.5 Å². The fraction of sp³-hybridized carbons (Fsp3) is 0.333. The molecule has 0 spiro atoms. The second-order valence-electron chi connectivity index (χ2n) is 5.50. The Bertz CT molecular complexity index is 824. The molecule has 1 fully saturated rings. The van der Waals surface area contributed by atoms with Crippen molar-refractivity contribution in [3.63, 3.8) is 0 Å². The van der Waals surface area contributed by atoms with E-state index in [0.29, 0.717) is 36.1 Å². The molecule has 1 unspecified atom stereocenters. The van der Waals surface area contributed by atoms with Crippen molar-refractivity contribution in [1.82, 2.24) is 20.2 Å². The van der Waals surface area contributed by atoms with Gasteiger partial charge in [0.1, 0.15) is 11.3 Å². The molecule has 4 rings (SSSR count). The number of carbonyl (C=O) groups is 1. The number of hydrogen-bond donors (Lipinski definition) is 0. The molecule has 3 aromatic heterocycles. The maximum absolute atomic E-state index is 12.5. The minimum Gasteiger partial charge on any atom is -0.361 e. The van der Waals surface area contributed by atoms with Crippen molar-refractivity contribution in [2.45, 2.75) is 19.3 Å². The van der Waals surface area contributed by atoms with E-state index in [4.69, 9.17) is 9.05 Å². The van der Waals surface area contributed by atoms with Crippen LogP contribution < -0.4 is 0 Å². The smallest absolute Gasteiger partial charge is 0.259 e. The maximum Gasteiger partial charge on any atom is 0.259 e. The maximum atomic E-state index is 12.5. The van der Waals surface area contributed by atoms with E-state index >= 15 is 0 Å². The van der Waals surface area contributed by atoms with Crippen molar-refractivity contribution in [3.8, 4) is 11.5 Å². The molecule has 1 atom stereocenters. The largest absolute Gasteiger partial charge is 0.361 e. The zero-order chi connectivity index (χ0) is 15.8. The van der Waals surface area contributed by atoms with Gasteiger partial charge >= 0.3 is 0 Å². The van der Waals surface area contributed by atoms with E-state index < -0.39 is 0 Å². The Kier molecular flexibility index (Phi) is 3.45. The first-order valence-electron chi connectivity index (χ1n) is 7.29. The highest BCUT2D eigenvalue weighted by Crippen LogP contribution is 2.29. The number of thiophene rings is 1. The van der Waals surface area contributed by atoms with Crippen LogP contribution in [0.2, 0.25) is 0 Å². The molecule has 4 heterocycles. The van der Waals surface area contributed by atoms with Crippen molar-refractivity contribution in [3.05, 3.63) is 40.2 Å². The van der Waals surface area contributed by atoms with Gasteiger partial charge in [0.15, 0.2) is 5.82 Å². The summed E-state index contributed by atoms with van der Waals surface area (Å²) in [6.07, 6.45) is 2.28. The van der Waals surface area contributed by atoms with Gasteiger partial charge in [-0.1, -0.05) is 10.3 Å². The third-order valence-corrected chi connectivity index (χ3v) is 4.71. The van der Waals surface area contributed by atoms with Gasteiger partial charge in [-0.3, -0.25) is 4.79 Å². The second kappa shape index (κ2) is 5.62. The highest BCUT2D eigenvalue weighted by atomic mass is 32.1. The van der Waals surface area contributed by atoms with Crippen molar-refractivity contribution in [2.75, 3.05) is 13.1 Å². The van der Waals surface area contributed by atoms with Crippen LogP contribution in [-0.2, 0) is 0 Å². The quantitative estimate of drug-likeness (QED) is 0.734. The number of hydrogen-bond acceptors (Lipinski definition) is 7. The molecule has 0 aliphatic carbocycles. The number of aryl methyl sites for hydroxylation is 1. The number of carbonyl (C=O) groups excluding carboxylic acids is 1. The van der Waals surface area contributed by atoms with E-state index in [1.54, 1.807) is 23.2 Å². The van der Waals surface area contributed by atoms with Crippen LogP contribution in [0, 0.1) is 6.92 Å². The van der Waals surface area contributed by atoms with Crippen LogP contribution in [-0.4, -0.2) is 39.2 Å². The third kappa shape index (κ3) is 2.55. The molecule has 0 N–H and O–H groups in total. The zero-order valence-electron chi connectivity index (χ0n) is 12.4. The number of rotatable bonds is 3. The highest BCUT2D eigenvalue weighted by Gasteiger charge is 2.32. The van der Waals surface area contributed by atoms with E-state index in [9.17, 15) is 4.79 Å². The van der Waals surface area contributed by atoms with Gasteiger partial charge in [-0.15, -0.1) is 0 Å². The van der Waals surface area contributed by atoms with E-state index in [-0.39, 0.29) is 11.8 Å². The molecule has 23 heavy (non-hydrogen) atoms. The van der Waals surface area contributed by atoms with Gasteiger partial charge in [0, 0.05) is 24.4 Å². The second-order valence-corrected chi connectivity index (χ2v) is 6.28. The Morgan fingerprint density at radius 2 is 2.35 bits per heavy atom. The summed E-state index contributed by atoms with van der Waals surface area (Å²) < 4.78 is 10.3. The molecule has 118 valence electrons. The molecule has 0 saturated carbocycles. The van der Waals surface area contributed by atoms with Crippen LogP contribution in [0.4, 0.5) is 0 Å². The molecule has 7 nitrogen and oxygen atoms in total. The van der Waals surface area contributed by atoms with E-state index in [1.807, 2.05) is 16.8 Å². The van der Waals surface area contributed by atoms with E-state index in [1.165, 1.54) is 6.20 Å². The van der Waals surface area contributed by atoms with Crippen LogP contribution in [0.5, 0.6) is 0 Å². The van der Waals surface area contributed by atoms with Crippen molar-refractivity contribution >= 4 is 17.2 Å². The minimum absolute atomic E-state index is 0.0622.